The van der Waals surface area contributed by atoms with Gasteiger partial charge in [-0.25, -0.2) is 9.97 Å². The average Bonchev–Trinajstić information content (AvgIpc) is 2.92. The number of hydrogen-bond acceptors (Lipinski definition) is 6. The van der Waals surface area contributed by atoms with E-state index in [1.165, 1.54) is 6.26 Å². The van der Waals surface area contributed by atoms with Crippen LogP contribution in [0.2, 0.25) is 0 Å². The van der Waals surface area contributed by atoms with Crippen molar-refractivity contribution >= 4 is 26.4 Å². The van der Waals surface area contributed by atoms with E-state index in [1.54, 1.807) is 13.4 Å². The van der Waals surface area contributed by atoms with Gasteiger partial charge in [0, 0.05) is 40.2 Å². The fraction of sp³-hybridized carbons (Fsp3) is 0.467. The first-order valence-corrected chi connectivity index (χ1v) is 9.35. The number of aromatic nitrogens is 2. The van der Waals surface area contributed by atoms with Gasteiger partial charge in [0.1, 0.15) is 23.4 Å². The van der Waals surface area contributed by atoms with Crippen LogP contribution in [0.5, 0.6) is 5.75 Å². The molecule has 3 rings (SSSR count). The van der Waals surface area contributed by atoms with Gasteiger partial charge in [0.15, 0.2) is 0 Å². The second-order valence-electron chi connectivity index (χ2n) is 5.83. The van der Waals surface area contributed by atoms with Gasteiger partial charge in [-0.15, -0.1) is 0 Å². The fourth-order valence-corrected chi connectivity index (χ4v) is 4.25. The SMILES string of the molecule is COc1cccc2c(N3CC[C@H](C[S@@](C)(=N)=O)C3)ncnc12. The number of fused-ring (bicyclic) bond motifs is 1. The maximum absolute atomic E-state index is 11.7. The number of para-hydroxylation sites is 1. The number of benzene rings is 1. The summed E-state index contributed by atoms with van der Waals surface area (Å²) in [6.07, 6.45) is 4.01. The molecule has 7 heteroatoms. The van der Waals surface area contributed by atoms with Crippen molar-refractivity contribution in [2.45, 2.75) is 6.42 Å². The van der Waals surface area contributed by atoms with E-state index in [-0.39, 0.29) is 5.92 Å². The molecule has 0 aliphatic carbocycles. The molecule has 1 aromatic heterocycles. The Morgan fingerprint density at radius 1 is 1.45 bits per heavy atom. The standard InChI is InChI=1S/C15H20N4O2S/c1-21-13-5-3-4-12-14(13)17-10-18-15(12)19-7-6-11(8-19)9-22(2,16)20/h3-5,10-11,16H,6-9H2,1-2H3/t11-,22-/m0/s1. The largest absolute Gasteiger partial charge is 0.494 e. The lowest BCUT2D eigenvalue weighted by molar-refractivity contribution is 0.419. The minimum atomic E-state index is -2.45. The first-order chi connectivity index (χ1) is 10.5. The molecule has 2 heterocycles. The van der Waals surface area contributed by atoms with Crippen LogP contribution in [-0.2, 0) is 9.73 Å². The van der Waals surface area contributed by atoms with Crippen LogP contribution in [0.25, 0.3) is 10.9 Å². The highest BCUT2D eigenvalue weighted by molar-refractivity contribution is 7.91. The van der Waals surface area contributed by atoms with E-state index in [0.29, 0.717) is 5.75 Å². The summed E-state index contributed by atoms with van der Waals surface area (Å²) in [4.78, 5) is 11.0. The Kier molecular flexibility index (Phi) is 3.90. The van der Waals surface area contributed by atoms with Gasteiger partial charge < -0.3 is 9.64 Å². The molecule has 0 bridgehead atoms. The van der Waals surface area contributed by atoms with Gasteiger partial charge in [-0.1, -0.05) is 6.07 Å². The molecule has 22 heavy (non-hydrogen) atoms. The highest BCUT2D eigenvalue weighted by Crippen LogP contribution is 2.32. The van der Waals surface area contributed by atoms with Gasteiger partial charge in [-0.05, 0) is 24.5 Å². The third kappa shape index (κ3) is 2.99. The van der Waals surface area contributed by atoms with E-state index in [1.807, 2.05) is 18.2 Å². The maximum atomic E-state index is 11.7. The van der Waals surface area contributed by atoms with Crippen LogP contribution in [0.1, 0.15) is 6.42 Å². The number of methoxy groups -OCH3 is 1. The minimum absolute atomic E-state index is 0.283. The summed E-state index contributed by atoms with van der Waals surface area (Å²) in [5.74, 6) is 2.36. The van der Waals surface area contributed by atoms with Gasteiger partial charge >= 0.3 is 0 Å². The Bertz CT molecular complexity index is 791. The van der Waals surface area contributed by atoms with E-state index in [4.69, 9.17) is 9.52 Å². The zero-order valence-corrected chi connectivity index (χ0v) is 13.6. The van der Waals surface area contributed by atoms with E-state index in [9.17, 15) is 4.21 Å². The second kappa shape index (κ2) is 5.72. The summed E-state index contributed by atoms with van der Waals surface area (Å²) in [7, 11) is -0.812. The number of ether oxygens (including phenoxy) is 1. The van der Waals surface area contributed by atoms with Gasteiger partial charge in [0.05, 0.1) is 7.11 Å². The van der Waals surface area contributed by atoms with Crippen molar-refractivity contribution in [3.63, 3.8) is 0 Å². The lowest BCUT2D eigenvalue weighted by Crippen LogP contribution is -2.23. The molecule has 1 aliphatic heterocycles. The quantitative estimate of drug-likeness (QED) is 0.933. The molecule has 1 fully saturated rings. The van der Waals surface area contributed by atoms with Crippen molar-refractivity contribution < 1.29 is 8.95 Å². The highest BCUT2D eigenvalue weighted by Gasteiger charge is 2.26. The maximum Gasteiger partial charge on any atom is 0.145 e. The van der Waals surface area contributed by atoms with E-state index in [2.05, 4.69) is 14.9 Å². The van der Waals surface area contributed by atoms with E-state index < -0.39 is 9.73 Å². The third-order valence-corrected chi connectivity index (χ3v) is 5.07. The van der Waals surface area contributed by atoms with Crippen molar-refractivity contribution in [1.82, 2.24) is 9.97 Å². The summed E-state index contributed by atoms with van der Waals surface area (Å²) in [6.45, 7) is 1.65. The summed E-state index contributed by atoms with van der Waals surface area (Å²) < 4.78 is 24.7. The molecule has 0 spiro atoms. The topological polar surface area (TPSA) is 79.2 Å². The predicted octanol–water partition coefficient (Wildman–Crippen LogP) is 2.14. The Morgan fingerprint density at radius 2 is 2.27 bits per heavy atom. The Hall–Kier alpha value is -1.89. The van der Waals surface area contributed by atoms with Crippen molar-refractivity contribution in [1.29, 1.82) is 4.78 Å². The average molecular weight is 320 g/mol. The second-order valence-corrected chi connectivity index (χ2v) is 8.17. The van der Waals surface area contributed by atoms with Crippen LogP contribution in [-0.4, -0.2) is 46.4 Å². The van der Waals surface area contributed by atoms with Crippen molar-refractivity contribution in [3.8, 4) is 5.75 Å². The van der Waals surface area contributed by atoms with Crippen molar-refractivity contribution in [3.05, 3.63) is 24.5 Å². The Morgan fingerprint density at radius 3 is 3.00 bits per heavy atom. The molecule has 1 aliphatic rings. The summed E-state index contributed by atoms with van der Waals surface area (Å²) in [5.41, 5.74) is 0.804. The van der Waals surface area contributed by atoms with Crippen LogP contribution in [0, 0.1) is 10.7 Å². The fourth-order valence-electron chi connectivity index (χ4n) is 3.07. The van der Waals surface area contributed by atoms with Crippen molar-refractivity contribution in [2.75, 3.05) is 37.1 Å². The smallest absolute Gasteiger partial charge is 0.145 e. The van der Waals surface area contributed by atoms with Crippen LogP contribution in [0.15, 0.2) is 24.5 Å². The number of nitrogens with zero attached hydrogens (tertiary/aromatic N) is 3. The summed E-state index contributed by atoms with van der Waals surface area (Å²) >= 11 is 0. The molecular formula is C15H20N4O2S. The van der Waals surface area contributed by atoms with Crippen LogP contribution in [0.3, 0.4) is 0 Å². The van der Waals surface area contributed by atoms with Gasteiger partial charge in [0.2, 0.25) is 0 Å². The Labute approximate surface area is 130 Å². The molecule has 0 radical (unpaired) electrons. The molecule has 1 N–H and O–H groups in total. The van der Waals surface area contributed by atoms with Crippen LogP contribution >= 0.6 is 0 Å². The monoisotopic (exact) mass is 320 g/mol. The number of rotatable bonds is 4. The first-order valence-electron chi connectivity index (χ1n) is 7.22. The van der Waals surface area contributed by atoms with E-state index >= 15 is 0 Å². The lowest BCUT2D eigenvalue weighted by Gasteiger charge is -2.19. The number of nitrogens with one attached hydrogen (secondary N) is 1. The van der Waals surface area contributed by atoms with Gasteiger partial charge in [0.25, 0.3) is 0 Å². The molecule has 6 nitrogen and oxygen atoms in total. The molecule has 0 unspecified atom stereocenters. The van der Waals surface area contributed by atoms with Crippen molar-refractivity contribution in [2.24, 2.45) is 5.92 Å². The first kappa shape index (κ1) is 15.0. The summed E-state index contributed by atoms with van der Waals surface area (Å²) in [6, 6.07) is 5.82. The molecule has 1 saturated heterocycles. The lowest BCUT2D eigenvalue weighted by atomic mass is 10.2. The van der Waals surface area contributed by atoms with Crippen LogP contribution < -0.4 is 9.64 Å². The molecule has 0 amide bonds. The molecule has 2 aromatic rings. The number of hydrogen-bond donors (Lipinski definition) is 1. The van der Waals surface area contributed by atoms with Crippen LogP contribution in [0.4, 0.5) is 5.82 Å². The Balaban J connectivity index is 1.92. The zero-order valence-electron chi connectivity index (χ0n) is 12.8. The molecular weight excluding hydrogens is 300 g/mol. The third-order valence-electron chi connectivity index (χ3n) is 3.97. The zero-order chi connectivity index (χ0) is 15.7. The van der Waals surface area contributed by atoms with Gasteiger partial charge in [-0.3, -0.25) is 8.99 Å². The minimum Gasteiger partial charge on any atom is -0.494 e. The molecule has 0 saturated carbocycles. The molecule has 118 valence electrons. The number of anilines is 1. The van der Waals surface area contributed by atoms with Gasteiger partial charge in [-0.2, -0.15) is 0 Å². The molecule has 1 aromatic carbocycles. The normalized spacial score (nSPS) is 21.0. The van der Waals surface area contributed by atoms with E-state index in [0.717, 1.165) is 42.0 Å². The highest BCUT2D eigenvalue weighted by atomic mass is 32.2. The predicted molar refractivity (Wildman–Crippen MR) is 88.1 cm³/mol. The summed E-state index contributed by atoms with van der Waals surface area (Å²) in [5, 5.41) is 0.964. The molecule has 2 atom stereocenters.